The Labute approximate surface area is 83.3 Å². The summed E-state index contributed by atoms with van der Waals surface area (Å²) in [6.45, 7) is 3.69. The van der Waals surface area contributed by atoms with Gasteiger partial charge in [-0.25, -0.2) is 4.98 Å². The summed E-state index contributed by atoms with van der Waals surface area (Å²) in [5.41, 5.74) is 0. The molecule has 1 fully saturated rings. The third-order valence-electron chi connectivity index (χ3n) is 2.71. The number of hydrogen-bond acceptors (Lipinski definition) is 3. The maximum absolute atomic E-state index is 12.0. The number of piperidine rings is 1. The SMILES string of the molecule is Cc1nccn1C(=O)C1CCCNC1. The lowest BCUT2D eigenvalue weighted by atomic mass is 9.99. The van der Waals surface area contributed by atoms with E-state index in [1.54, 1.807) is 17.0 Å². The highest BCUT2D eigenvalue weighted by Gasteiger charge is 2.22. The maximum Gasteiger partial charge on any atom is 0.236 e. The highest BCUT2D eigenvalue weighted by Crippen LogP contribution is 2.13. The van der Waals surface area contributed by atoms with Crippen LogP contribution in [0.4, 0.5) is 0 Å². The molecule has 0 spiro atoms. The van der Waals surface area contributed by atoms with Crippen LogP contribution in [-0.2, 0) is 0 Å². The average molecular weight is 193 g/mol. The zero-order valence-corrected chi connectivity index (χ0v) is 8.36. The third-order valence-corrected chi connectivity index (χ3v) is 2.71. The molecule has 76 valence electrons. The first-order chi connectivity index (χ1) is 6.79. The fourth-order valence-electron chi connectivity index (χ4n) is 1.87. The molecule has 0 radical (unpaired) electrons. The van der Waals surface area contributed by atoms with Crippen molar-refractivity contribution < 1.29 is 4.79 Å². The highest BCUT2D eigenvalue weighted by molar-refractivity contribution is 5.82. The first kappa shape index (κ1) is 9.40. The van der Waals surface area contributed by atoms with Gasteiger partial charge < -0.3 is 5.32 Å². The van der Waals surface area contributed by atoms with E-state index >= 15 is 0 Å². The van der Waals surface area contributed by atoms with Crippen LogP contribution in [0.25, 0.3) is 0 Å². The van der Waals surface area contributed by atoms with Gasteiger partial charge in [0.25, 0.3) is 0 Å². The molecular formula is C10H15N3O. The lowest BCUT2D eigenvalue weighted by Gasteiger charge is -2.21. The molecule has 1 atom stereocenters. The molecule has 4 heteroatoms. The molecule has 1 N–H and O–H groups in total. The van der Waals surface area contributed by atoms with E-state index in [1.807, 2.05) is 6.92 Å². The van der Waals surface area contributed by atoms with Crippen molar-refractivity contribution in [2.24, 2.45) is 5.92 Å². The predicted octanol–water partition coefficient (Wildman–Crippen LogP) is 0.831. The molecule has 1 aromatic heterocycles. The fraction of sp³-hybridized carbons (Fsp3) is 0.600. The summed E-state index contributed by atoms with van der Waals surface area (Å²) in [4.78, 5) is 16.0. The molecule has 1 aliphatic rings. The largest absolute Gasteiger partial charge is 0.316 e. The van der Waals surface area contributed by atoms with Crippen LogP contribution in [0.3, 0.4) is 0 Å². The van der Waals surface area contributed by atoms with E-state index in [0.29, 0.717) is 0 Å². The number of nitrogens with zero attached hydrogens (tertiary/aromatic N) is 2. The summed E-state index contributed by atoms with van der Waals surface area (Å²) in [7, 11) is 0. The van der Waals surface area contributed by atoms with Crippen LogP contribution in [-0.4, -0.2) is 28.5 Å². The number of aromatic nitrogens is 2. The second-order valence-corrected chi connectivity index (χ2v) is 3.73. The van der Waals surface area contributed by atoms with Gasteiger partial charge in [0.15, 0.2) is 0 Å². The second kappa shape index (κ2) is 3.92. The zero-order chi connectivity index (χ0) is 9.97. The van der Waals surface area contributed by atoms with Crippen molar-refractivity contribution in [3.8, 4) is 0 Å². The van der Waals surface area contributed by atoms with Crippen LogP contribution in [0.2, 0.25) is 0 Å². The smallest absolute Gasteiger partial charge is 0.236 e. The van der Waals surface area contributed by atoms with E-state index < -0.39 is 0 Å². The van der Waals surface area contributed by atoms with Gasteiger partial charge in [0, 0.05) is 18.9 Å². The van der Waals surface area contributed by atoms with Gasteiger partial charge in [0.05, 0.1) is 5.92 Å². The highest BCUT2D eigenvalue weighted by atomic mass is 16.2. The molecule has 1 aromatic rings. The van der Waals surface area contributed by atoms with Gasteiger partial charge in [0.1, 0.15) is 5.82 Å². The topological polar surface area (TPSA) is 46.9 Å². The van der Waals surface area contributed by atoms with Gasteiger partial charge in [-0.15, -0.1) is 0 Å². The Morgan fingerprint density at radius 1 is 1.71 bits per heavy atom. The first-order valence-corrected chi connectivity index (χ1v) is 5.04. The molecule has 4 nitrogen and oxygen atoms in total. The minimum absolute atomic E-state index is 0.122. The number of hydrogen-bond donors (Lipinski definition) is 1. The van der Waals surface area contributed by atoms with Crippen molar-refractivity contribution in [1.29, 1.82) is 0 Å². The molecule has 0 amide bonds. The van der Waals surface area contributed by atoms with Gasteiger partial charge in [-0.3, -0.25) is 9.36 Å². The van der Waals surface area contributed by atoms with Crippen LogP contribution >= 0.6 is 0 Å². The van der Waals surface area contributed by atoms with Gasteiger partial charge in [0.2, 0.25) is 5.91 Å². The number of nitrogens with one attached hydrogen (secondary N) is 1. The van der Waals surface area contributed by atoms with Crippen molar-refractivity contribution >= 4 is 5.91 Å². The molecule has 0 aromatic carbocycles. The standard InChI is InChI=1S/C10H15N3O/c1-8-12-5-6-13(8)10(14)9-3-2-4-11-7-9/h5-6,9,11H,2-4,7H2,1H3. The van der Waals surface area contributed by atoms with Gasteiger partial charge in [-0.05, 0) is 26.3 Å². The minimum Gasteiger partial charge on any atom is -0.316 e. The summed E-state index contributed by atoms with van der Waals surface area (Å²) in [5, 5.41) is 3.24. The van der Waals surface area contributed by atoms with Crippen LogP contribution in [0.5, 0.6) is 0 Å². The normalized spacial score (nSPS) is 22.2. The Morgan fingerprint density at radius 2 is 2.57 bits per heavy atom. The number of rotatable bonds is 1. The van der Waals surface area contributed by atoms with Gasteiger partial charge >= 0.3 is 0 Å². The Kier molecular flexibility index (Phi) is 2.63. The molecule has 0 saturated carbocycles. The number of imidazole rings is 1. The quantitative estimate of drug-likeness (QED) is 0.718. The van der Waals surface area contributed by atoms with Crippen LogP contribution in [0, 0.1) is 12.8 Å². The maximum atomic E-state index is 12.0. The van der Waals surface area contributed by atoms with Crippen molar-refractivity contribution in [3.63, 3.8) is 0 Å². The lowest BCUT2D eigenvalue weighted by molar-refractivity contribution is 0.0810. The molecule has 0 aliphatic carbocycles. The molecule has 1 saturated heterocycles. The number of aryl methyl sites for hydroxylation is 1. The summed E-state index contributed by atoms with van der Waals surface area (Å²) in [5.74, 6) is 1.07. The predicted molar refractivity (Wildman–Crippen MR) is 53.2 cm³/mol. The van der Waals surface area contributed by atoms with Crippen LogP contribution in [0.15, 0.2) is 12.4 Å². The number of carbonyl (C=O) groups excluding carboxylic acids is 1. The summed E-state index contributed by atoms with van der Waals surface area (Å²) in [6, 6.07) is 0. The molecule has 2 heterocycles. The van der Waals surface area contributed by atoms with Crippen molar-refractivity contribution in [3.05, 3.63) is 18.2 Å². The van der Waals surface area contributed by atoms with Gasteiger partial charge in [-0.2, -0.15) is 0 Å². The van der Waals surface area contributed by atoms with Crippen LogP contribution in [0.1, 0.15) is 23.5 Å². The molecule has 14 heavy (non-hydrogen) atoms. The first-order valence-electron chi connectivity index (χ1n) is 5.04. The van der Waals surface area contributed by atoms with Crippen molar-refractivity contribution in [1.82, 2.24) is 14.9 Å². The molecule has 2 rings (SSSR count). The van der Waals surface area contributed by atoms with Gasteiger partial charge in [-0.1, -0.05) is 0 Å². The average Bonchev–Trinajstić information content (AvgIpc) is 2.65. The zero-order valence-electron chi connectivity index (χ0n) is 8.36. The van der Waals surface area contributed by atoms with E-state index in [2.05, 4.69) is 10.3 Å². The molecular weight excluding hydrogens is 178 g/mol. The Bertz CT molecular complexity index is 326. The molecule has 1 unspecified atom stereocenters. The van der Waals surface area contributed by atoms with E-state index in [1.165, 1.54) is 0 Å². The van der Waals surface area contributed by atoms with E-state index in [-0.39, 0.29) is 11.8 Å². The molecule has 0 bridgehead atoms. The fourth-order valence-corrected chi connectivity index (χ4v) is 1.87. The Hall–Kier alpha value is -1.16. The minimum atomic E-state index is 0.122. The Morgan fingerprint density at radius 3 is 3.14 bits per heavy atom. The van der Waals surface area contributed by atoms with Crippen molar-refractivity contribution in [2.45, 2.75) is 19.8 Å². The second-order valence-electron chi connectivity index (χ2n) is 3.73. The monoisotopic (exact) mass is 193 g/mol. The van der Waals surface area contributed by atoms with E-state index in [4.69, 9.17) is 0 Å². The van der Waals surface area contributed by atoms with E-state index in [9.17, 15) is 4.79 Å². The van der Waals surface area contributed by atoms with Crippen molar-refractivity contribution in [2.75, 3.05) is 13.1 Å². The van der Waals surface area contributed by atoms with Crippen LogP contribution < -0.4 is 5.32 Å². The summed E-state index contributed by atoms with van der Waals surface area (Å²) >= 11 is 0. The third kappa shape index (κ3) is 1.70. The Balaban J connectivity index is 2.11. The lowest BCUT2D eigenvalue weighted by Crippen LogP contribution is -2.36. The van der Waals surface area contributed by atoms with E-state index in [0.717, 1.165) is 31.8 Å². The molecule has 1 aliphatic heterocycles. The summed E-state index contributed by atoms with van der Waals surface area (Å²) in [6.07, 6.45) is 5.49. The summed E-state index contributed by atoms with van der Waals surface area (Å²) < 4.78 is 1.65. The number of carbonyl (C=O) groups is 1.